The minimum atomic E-state index is -4.25. The van der Waals surface area contributed by atoms with Crippen LogP contribution in [0.2, 0.25) is 0 Å². The SMILES string of the molecule is CCCCC1NC(c2cccs2)N(CCC(F)(F)F)C1=O. The first kappa shape index (κ1) is 16.3. The standard InChI is InChI=1S/C14H19F3N2OS/c1-2-3-5-10-13(20)19(8-7-14(15,16)17)12(18-10)11-6-4-9-21-11/h4,6,9-10,12,18H,2-3,5,7-8H2,1H3. The Morgan fingerprint density at radius 3 is 2.76 bits per heavy atom. The van der Waals surface area contributed by atoms with Gasteiger partial charge < -0.3 is 4.90 Å². The summed E-state index contributed by atoms with van der Waals surface area (Å²) < 4.78 is 37.3. The number of alkyl halides is 3. The van der Waals surface area contributed by atoms with Crippen molar-refractivity contribution in [1.29, 1.82) is 0 Å². The Bertz CT molecular complexity index is 461. The van der Waals surface area contributed by atoms with Gasteiger partial charge in [-0.2, -0.15) is 13.2 Å². The third kappa shape index (κ3) is 4.20. The minimum absolute atomic E-state index is 0.217. The summed E-state index contributed by atoms with van der Waals surface area (Å²) in [4.78, 5) is 14.5. The highest BCUT2D eigenvalue weighted by molar-refractivity contribution is 7.10. The number of unbranched alkanes of at least 4 members (excludes halogenated alkanes) is 1. The first-order valence-corrected chi connectivity index (χ1v) is 7.97. The molecule has 1 saturated heterocycles. The molecule has 0 saturated carbocycles. The van der Waals surface area contributed by atoms with E-state index in [1.54, 1.807) is 0 Å². The van der Waals surface area contributed by atoms with Crippen LogP contribution in [0.4, 0.5) is 13.2 Å². The molecule has 1 aromatic rings. The lowest BCUT2D eigenvalue weighted by Crippen LogP contribution is -2.33. The minimum Gasteiger partial charge on any atom is -0.320 e. The van der Waals surface area contributed by atoms with Crippen molar-refractivity contribution < 1.29 is 18.0 Å². The van der Waals surface area contributed by atoms with E-state index in [-0.39, 0.29) is 18.5 Å². The van der Waals surface area contributed by atoms with Crippen LogP contribution in [0.3, 0.4) is 0 Å². The van der Waals surface area contributed by atoms with Gasteiger partial charge in [0.05, 0.1) is 12.5 Å². The van der Waals surface area contributed by atoms with Crippen LogP contribution >= 0.6 is 11.3 Å². The summed E-state index contributed by atoms with van der Waals surface area (Å²) in [5, 5.41) is 5.05. The number of carbonyl (C=O) groups excluding carboxylic acids is 1. The quantitative estimate of drug-likeness (QED) is 0.867. The van der Waals surface area contributed by atoms with E-state index in [2.05, 4.69) is 5.32 Å². The van der Waals surface area contributed by atoms with Crippen molar-refractivity contribution in [3.63, 3.8) is 0 Å². The second-order valence-corrected chi connectivity index (χ2v) is 6.16. The number of hydrogen-bond donors (Lipinski definition) is 1. The van der Waals surface area contributed by atoms with Crippen molar-refractivity contribution in [2.75, 3.05) is 6.54 Å². The largest absolute Gasteiger partial charge is 0.390 e. The monoisotopic (exact) mass is 320 g/mol. The van der Waals surface area contributed by atoms with Gasteiger partial charge in [-0.1, -0.05) is 25.8 Å². The number of nitrogens with one attached hydrogen (secondary N) is 1. The lowest BCUT2D eigenvalue weighted by atomic mass is 10.1. The molecule has 0 spiro atoms. The van der Waals surface area contributed by atoms with Gasteiger partial charge in [0.1, 0.15) is 6.17 Å². The van der Waals surface area contributed by atoms with Crippen molar-refractivity contribution in [2.24, 2.45) is 0 Å². The summed E-state index contributed by atoms with van der Waals surface area (Å²) in [5.41, 5.74) is 0. The van der Waals surface area contributed by atoms with Gasteiger partial charge in [0, 0.05) is 11.4 Å². The highest BCUT2D eigenvalue weighted by Crippen LogP contribution is 2.31. The van der Waals surface area contributed by atoms with Crippen molar-refractivity contribution in [2.45, 2.75) is 51.0 Å². The second kappa shape index (κ2) is 6.79. The second-order valence-electron chi connectivity index (χ2n) is 5.18. The van der Waals surface area contributed by atoms with Gasteiger partial charge in [-0.05, 0) is 17.9 Å². The van der Waals surface area contributed by atoms with Crippen LogP contribution in [-0.4, -0.2) is 29.6 Å². The Morgan fingerprint density at radius 2 is 2.19 bits per heavy atom. The number of nitrogens with zero attached hydrogens (tertiary/aromatic N) is 1. The van der Waals surface area contributed by atoms with Crippen molar-refractivity contribution in [3.8, 4) is 0 Å². The number of halogens is 3. The number of amides is 1. The Hall–Kier alpha value is -1.08. The molecule has 118 valence electrons. The maximum Gasteiger partial charge on any atom is 0.390 e. The molecule has 1 amide bonds. The van der Waals surface area contributed by atoms with Crippen LogP contribution < -0.4 is 5.32 Å². The maximum absolute atomic E-state index is 12.4. The molecular weight excluding hydrogens is 301 g/mol. The predicted molar refractivity (Wildman–Crippen MR) is 75.9 cm³/mol. The lowest BCUT2D eigenvalue weighted by Gasteiger charge is -2.23. The predicted octanol–water partition coefficient (Wildman–Crippen LogP) is 3.69. The van der Waals surface area contributed by atoms with Crippen molar-refractivity contribution in [1.82, 2.24) is 10.2 Å². The summed E-state index contributed by atoms with van der Waals surface area (Å²) in [5.74, 6) is -0.217. The maximum atomic E-state index is 12.4. The van der Waals surface area contributed by atoms with Crippen LogP contribution in [0, 0.1) is 0 Å². The number of hydrogen-bond acceptors (Lipinski definition) is 3. The molecule has 2 heterocycles. The summed E-state index contributed by atoms with van der Waals surface area (Å²) in [6.07, 6.45) is -3.14. The van der Waals surface area contributed by atoms with E-state index in [4.69, 9.17) is 0 Å². The number of rotatable bonds is 6. The number of thiophene rings is 1. The first-order chi connectivity index (χ1) is 9.92. The highest BCUT2D eigenvalue weighted by Gasteiger charge is 2.41. The van der Waals surface area contributed by atoms with E-state index in [1.165, 1.54) is 16.2 Å². The van der Waals surface area contributed by atoms with Gasteiger partial charge in [-0.15, -0.1) is 11.3 Å². The van der Waals surface area contributed by atoms with E-state index < -0.39 is 18.8 Å². The molecule has 1 aliphatic rings. The summed E-state index contributed by atoms with van der Waals surface area (Å²) >= 11 is 1.45. The molecule has 2 rings (SSSR count). The average molecular weight is 320 g/mol. The molecule has 21 heavy (non-hydrogen) atoms. The van der Waals surface area contributed by atoms with E-state index >= 15 is 0 Å². The Labute approximate surface area is 126 Å². The zero-order valence-electron chi connectivity index (χ0n) is 11.8. The van der Waals surface area contributed by atoms with E-state index in [0.29, 0.717) is 6.42 Å². The Kier molecular flexibility index (Phi) is 5.27. The summed E-state index contributed by atoms with van der Waals surface area (Å²) in [6, 6.07) is 3.32. The molecule has 2 atom stereocenters. The van der Waals surface area contributed by atoms with E-state index in [1.807, 2.05) is 24.4 Å². The van der Waals surface area contributed by atoms with Crippen LogP contribution in [0.5, 0.6) is 0 Å². The van der Waals surface area contributed by atoms with Crippen molar-refractivity contribution >= 4 is 17.2 Å². The smallest absolute Gasteiger partial charge is 0.320 e. The van der Waals surface area contributed by atoms with Gasteiger partial charge in [0.25, 0.3) is 0 Å². The van der Waals surface area contributed by atoms with E-state index in [0.717, 1.165) is 17.7 Å². The zero-order valence-corrected chi connectivity index (χ0v) is 12.6. The normalized spacial score (nSPS) is 23.0. The fourth-order valence-electron chi connectivity index (χ4n) is 2.46. The van der Waals surface area contributed by atoms with Crippen LogP contribution in [0.1, 0.15) is 43.6 Å². The van der Waals surface area contributed by atoms with Gasteiger partial charge in [0.2, 0.25) is 5.91 Å². The first-order valence-electron chi connectivity index (χ1n) is 7.09. The molecule has 1 aliphatic heterocycles. The molecule has 0 radical (unpaired) electrons. The molecule has 1 aromatic heterocycles. The number of carbonyl (C=O) groups is 1. The molecule has 0 aliphatic carbocycles. The Balaban J connectivity index is 2.10. The van der Waals surface area contributed by atoms with Gasteiger partial charge in [-0.25, -0.2) is 0 Å². The van der Waals surface area contributed by atoms with Gasteiger partial charge in [0.15, 0.2) is 0 Å². The van der Waals surface area contributed by atoms with Gasteiger partial charge in [-0.3, -0.25) is 10.1 Å². The average Bonchev–Trinajstić information content (AvgIpc) is 3.01. The molecule has 2 unspecified atom stereocenters. The van der Waals surface area contributed by atoms with Crippen LogP contribution in [0.25, 0.3) is 0 Å². The third-order valence-electron chi connectivity index (χ3n) is 3.55. The fraction of sp³-hybridized carbons (Fsp3) is 0.643. The molecular formula is C14H19F3N2OS. The van der Waals surface area contributed by atoms with Crippen molar-refractivity contribution in [3.05, 3.63) is 22.4 Å². The Morgan fingerprint density at radius 1 is 1.43 bits per heavy atom. The molecule has 0 bridgehead atoms. The summed E-state index contributed by atoms with van der Waals surface area (Å²) in [6.45, 7) is 1.73. The zero-order chi connectivity index (χ0) is 15.5. The summed E-state index contributed by atoms with van der Waals surface area (Å²) in [7, 11) is 0. The molecule has 3 nitrogen and oxygen atoms in total. The molecule has 1 N–H and O–H groups in total. The van der Waals surface area contributed by atoms with Crippen LogP contribution in [0.15, 0.2) is 17.5 Å². The molecule has 1 fully saturated rings. The highest BCUT2D eigenvalue weighted by atomic mass is 32.1. The van der Waals surface area contributed by atoms with E-state index in [9.17, 15) is 18.0 Å². The van der Waals surface area contributed by atoms with Gasteiger partial charge >= 0.3 is 6.18 Å². The third-order valence-corrected chi connectivity index (χ3v) is 4.47. The molecule has 0 aromatic carbocycles. The van der Waals surface area contributed by atoms with Crippen LogP contribution in [-0.2, 0) is 4.79 Å². The topological polar surface area (TPSA) is 32.3 Å². The lowest BCUT2D eigenvalue weighted by molar-refractivity contribution is -0.145. The fourth-order valence-corrected chi connectivity index (χ4v) is 3.26. The molecule has 7 heteroatoms.